The van der Waals surface area contributed by atoms with Crippen molar-refractivity contribution in [3.05, 3.63) is 99.8 Å². The van der Waals surface area contributed by atoms with Crippen LogP contribution in [0.5, 0.6) is 0 Å². The Labute approximate surface area is 206 Å². The van der Waals surface area contributed by atoms with Gasteiger partial charge in [-0.25, -0.2) is 0 Å². The van der Waals surface area contributed by atoms with Crippen LogP contribution in [0.2, 0.25) is 0 Å². The number of benzene rings is 3. The first-order valence-corrected chi connectivity index (χ1v) is 12.4. The molecule has 3 aromatic carbocycles. The average Bonchev–Trinajstić information content (AvgIpc) is 3.29. The molecule has 0 unspecified atom stereocenters. The minimum Gasteiger partial charge on any atom is -0.325 e. The average molecular weight is 484 g/mol. The fraction of sp³-hybridized carbons (Fsp3) is 0.185. The van der Waals surface area contributed by atoms with Crippen molar-refractivity contribution in [2.45, 2.75) is 32.0 Å². The lowest BCUT2D eigenvalue weighted by Gasteiger charge is -2.11. The maximum Gasteiger partial charge on any atom is 0.262 e. The van der Waals surface area contributed by atoms with Gasteiger partial charge in [-0.05, 0) is 61.2 Å². The van der Waals surface area contributed by atoms with Gasteiger partial charge < -0.3 is 5.32 Å². The zero-order valence-electron chi connectivity index (χ0n) is 19.6. The summed E-state index contributed by atoms with van der Waals surface area (Å²) in [7, 11) is 0. The van der Waals surface area contributed by atoms with E-state index in [-0.39, 0.29) is 17.2 Å². The molecule has 5 aromatic rings. The minimum atomic E-state index is -0.128. The molecule has 0 aliphatic rings. The molecule has 1 amide bonds. The molecule has 0 saturated carbocycles. The van der Waals surface area contributed by atoms with Crippen molar-refractivity contribution in [1.29, 1.82) is 0 Å². The molecule has 2 aromatic heterocycles. The monoisotopic (exact) mass is 483 g/mol. The Balaban J connectivity index is 1.44. The van der Waals surface area contributed by atoms with Gasteiger partial charge in [0.05, 0.1) is 16.7 Å². The Kier molecular flexibility index (Phi) is 6.37. The van der Waals surface area contributed by atoms with E-state index in [0.29, 0.717) is 29.3 Å². The number of nitrogens with one attached hydrogen (secondary N) is 1. The molecule has 176 valence electrons. The summed E-state index contributed by atoms with van der Waals surface area (Å²) in [5.41, 5.74) is 4.84. The molecule has 7 nitrogen and oxygen atoms in total. The van der Waals surface area contributed by atoms with Gasteiger partial charge in [-0.15, -0.1) is 10.2 Å². The molecule has 2 heterocycles. The first-order chi connectivity index (χ1) is 17.0. The molecule has 35 heavy (non-hydrogen) atoms. The largest absolute Gasteiger partial charge is 0.325 e. The second-order valence-electron chi connectivity index (χ2n) is 8.46. The van der Waals surface area contributed by atoms with Crippen molar-refractivity contribution in [3.63, 3.8) is 0 Å². The smallest absolute Gasteiger partial charge is 0.262 e. The van der Waals surface area contributed by atoms with Gasteiger partial charge >= 0.3 is 0 Å². The predicted molar refractivity (Wildman–Crippen MR) is 140 cm³/mol. The number of fused-ring (bicyclic) bond motifs is 3. The van der Waals surface area contributed by atoms with Gasteiger partial charge in [0.25, 0.3) is 5.56 Å². The molecular formula is C27H25N5O2S. The number of carbonyl (C=O) groups excluding carboxylic acids is 1. The second kappa shape index (κ2) is 9.76. The van der Waals surface area contributed by atoms with Crippen LogP contribution in [-0.4, -0.2) is 30.8 Å². The minimum absolute atomic E-state index is 0.0968. The van der Waals surface area contributed by atoms with Gasteiger partial charge in [-0.2, -0.15) is 0 Å². The number of amides is 1. The van der Waals surface area contributed by atoms with Crippen LogP contribution in [0.3, 0.4) is 0 Å². The lowest BCUT2D eigenvalue weighted by molar-refractivity contribution is -0.113. The van der Waals surface area contributed by atoms with Crippen molar-refractivity contribution in [1.82, 2.24) is 19.2 Å². The zero-order chi connectivity index (χ0) is 24.4. The van der Waals surface area contributed by atoms with Crippen molar-refractivity contribution in [2.24, 2.45) is 0 Å². The van der Waals surface area contributed by atoms with Crippen molar-refractivity contribution >= 4 is 40.0 Å². The number of carbonyl (C=O) groups is 1. The van der Waals surface area contributed by atoms with Crippen molar-refractivity contribution in [3.8, 4) is 0 Å². The van der Waals surface area contributed by atoms with Gasteiger partial charge in [0, 0.05) is 12.2 Å². The SMILES string of the molecule is Cc1ccc(NC(=O)CSc2nnc3n(CCc4ccccc4)c(=O)c4ccccc4n23)cc1C. The van der Waals surface area contributed by atoms with E-state index in [9.17, 15) is 9.59 Å². The lowest BCUT2D eigenvalue weighted by atomic mass is 10.1. The van der Waals surface area contributed by atoms with E-state index >= 15 is 0 Å². The number of hydrogen-bond donors (Lipinski definition) is 1. The van der Waals surface area contributed by atoms with Crippen LogP contribution in [-0.2, 0) is 17.8 Å². The fourth-order valence-corrected chi connectivity index (χ4v) is 4.80. The highest BCUT2D eigenvalue weighted by Crippen LogP contribution is 2.22. The second-order valence-corrected chi connectivity index (χ2v) is 9.41. The summed E-state index contributed by atoms with van der Waals surface area (Å²) < 4.78 is 3.54. The van der Waals surface area contributed by atoms with E-state index in [4.69, 9.17) is 0 Å². The Morgan fingerprint density at radius 1 is 0.943 bits per heavy atom. The summed E-state index contributed by atoms with van der Waals surface area (Å²) >= 11 is 1.30. The van der Waals surface area contributed by atoms with E-state index in [1.807, 2.05) is 91.0 Å². The Morgan fingerprint density at radius 2 is 1.71 bits per heavy atom. The zero-order valence-corrected chi connectivity index (χ0v) is 20.4. The summed E-state index contributed by atoms with van der Waals surface area (Å²) in [5.74, 6) is 0.518. The third-order valence-electron chi connectivity index (χ3n) is 6.07. The molecule has 5 rings (SSSR count). The lowest BCUT2D eigenvalue weighted by Crippen LogP contribution is -2.24. The van der Waals surface area contributed by atoms with E-state index in [2.05, 4.69) is 15.5 Å². The number of aromatic nitrogens is 4. The molecule has 0 aliphatic carbocycles. The standard InChI is InChI=1S/C27H25N5O2S/c1-18-12-13-21(16-19(18)2)28-24(33)17-35-27-30-29-26-31(15-14-20-8-4-3-5-9-20)25(34)22-10-6-7-11-23(22)32(26)27/h3-13,16H,14-15,17H2,1-2H3,(H,28,33). The summed E-state index contributed by atoms with van der Waals surface area (Å²) in [6.07, 6.45) is 0.697. The van der Waals surface area contributed by atoms with Gasteiger partial charge in [-0.1, -0.05) is 60.3 Å². The number of para-hydroxylation sites is 1. The van der Waals surface area contributed by atoms with Crippen LogP contribution in [0.1, 0.15) is 16.7 Å². The highest BCUT2D eigenvalue weighted by Gasteiger charge is 2.17. The molecule has 0 atom stereocenters. The molecular weight excluding hydrogens is 458 g/mol. The van der Waals surface area contributed by atoms with E-state index < -0.39 is 0 Å². The maximum atomic E-state index is 13.3. The first-order valence-electron chi connectivity index (χ1n) is 11.4. The van der Waals surface area contributed by atoms with Crippen LogP contribution < -0.4 is 10.9 Å². The third-order valence-corrected chi connectivity index (χ3v) is 7.00. The third kappa shape index (κ3) is 4.70. The summed E-state index contributed by atoms with van der Waals surface area (Å²) in [4.78, 5) is 25.9. The molecule has 0 spiro atoms. The molecule has 0 fully saturated rings. The first kappa shape index (κ1) is 22.9. The van der Waals surface area contributed by atoms with Crippen LogP contribution in [0, 0.1) is 13.8 Å². The molecule has 1 N–H and O–H groups in total. The van der Waals surface area contributed by atoms with E-state index in [0.717, 1.165) is 22.3 Å². The van der Waals surface area contributed by atoms with Crippen LogP contribution >= 0.6 is 11.8 Å². The summed E-state index contributed by atoms with van der Waals surface area (Å²) in [5, 5.41) is 12.8. The topological polar surface area (TPSA) is 81.3 Å². The molecule has 0 bridgehead atoms. The predicted octanol–water partition coefficient (Wildman–Crippen LogP) is 4.63. The highest BCUT2D eigenvalue weighted by molar-refractivity contribution is 7.99. The Bertz CT molecular complexity index is 1590. The normalized spacial score (nSPS) is 11.3. The Morgan fingerprint density at radius 3 is 2.51 bits per heavy atom. The van der Waals surface area contributed by atoms with Crippen LogP contribution in [0.25, 0.3) is 16.7 Å². The number of rotatable bonds is 7. The summed E-state index contributed by atoms with van der Waals surface area (Å²) in [6, 6.07) is 23.3. The van der Waals surface area contributed by atoms with Crippen LogP contribution in [0.4, 0.5) is 5.69 Å². The Hall–Kier alpha value is -3.91. The number of aryl methyl sites for hydroxylation is 4. The van der Waals surface area contributed by atoms with Gasteiger partial charge in [0.1, 0.15) is 0 Å². The van der Waals surface area contributed by atoms with Crippen molar-refractivity contribution in [2.75, 3.05) is 11.1 Å². The number of nitrogens with zero attached hydrogens (tertiary/aromatic N) is 4. The number of hydrogen-bond acceptors (Lipinski definition) is 5. The quantitative estimate of drug-likeness (QED) is 0.341. The molecule has 0 saturated heterocycles. The van der Waals surface area contributed by atoms with Crippen molar-refractivity contribution < 1.29 is 4.79 Å². The highest BCUT2D eigenvalue weighted by atomic mass is 32.2. The van der Waals surface area contributed by atoms with Crippen LogP contribution in [0.15, 0.2) is 82.7 Å². The summed E-state index contributed by atoms with van der Waals surface area (Å²) in [6.45, 7) is 4.54. The molecule has 8 heteroatoms. The van der Waals surface area contributed by atoms with E-state index in [1.54, 1.807) is 4.57 Å². The van der Waals surface area contributed by atoms with Gasteiger partial charge in [0.2, 0.25) is 11.7 Å². The number of anilines is 1. The molecule has 0 aliphatic heterocycles. The van der Waals surface area contributed by atoms with Gasteiger partial charge in [0.15, 0.2) is 5.16 Å². The fourth-order valence-electron chi connectivity index (χ4n) is 4.06. The molecule has 0 radical (unpaired) electrons. The maximum absolute atomic E-state index is 13.3. The number of thioether (sulfide) groups is 1. The van der Waals surface area contributed by atoms with E-state index in [1.165, 1.54) is 17.3 Å². The van der Waals surface area contributed by atoms with Gasteiger partial charge in [-0.3, -0.25) is 18.6 Å².